The van der Waals surface area contributed by atoms with Gasteiger partial charge in [0.1, 0.15) is 0 Å². The Bertz CT molecular complexity index is 1550. The summed E-state index contributed by atoms with van der Waals surface area (Å²) in [5.74, 6) is -3.61. The van der Waals surface area contributed by atoms with E-state index in [1.807, 2.05) is 6.07 Å². The third-order valence-electron chi connectivity index (χ3n) is 5.18. The monoisotopic (exact) mass is 486 g/mol. The van der Waals surface area contributed by atoms with Gasteiger partial charge in [-0.15, -0.1) is 0 Å². The fraction of sp³-hybridized carbons (Fsp3) is 0.0870. The predicted octanol–water partition coefficient (Wildman–Crippen LogP) is 0.926. The molecule has 0 aromatic heterocycles. The van der Waals surface area contributed by atoms with Crippen LogP contribution in [0.3, 0.4) is 0 Å². The maximum Gasteiger partial charge on any atom is 0.453 e. The highest BCUT2D eigenvalue weighted by Gasteiger charge is 2.57. The minimum Gasteiger partial charge on any atom is -0.361 e. The Kier molecular flexibility index (Phi) is 7.58. The van der Waals surface area contributed by atoms with E-state index < -0.39 is 45.1 Å². The van der Waals surface area contributed by atoms with Crippen molar-refractivity contribution in [3.63, 3.8) is 0 Å². The summed E-state index contributed by atoms with van der Waals surface area (Å²) < 4.78 is 22.1. The van der Waals surface area contributed by atoms with Gasteiger partial charge in [0.05, 0.1) is 10.8 Å². The predicted molar refractivity (Wildman–Crippen MR) is 123 cm³/mol. The minimum atomic E-state index is -2.37. The summed E-state index contributed by atoms with van der Waals surface area (Å²) in [6, 6.07) is 8.68. The molecule has 0 radical (unpaired) electrons. The summed E-state index contributed by atoms with van der Waals surface area (Å²) in [4.78, 5) is 44.3. The van der Waals surface area contributed by atoms with Gasteiger partial charge in [0.15, 0.2) is 11.7 Å². The van der Waals surface area contributed by atoms with E-state index in [4.69, 9.17) is 16.6 Å². The highest BCUT2D eigenvalue weighted by Crippen LogP contribution is 2.24. The Balaban J connectivity index is 0.000000196. The van der Waals surface area contributed by atoms with Crippen LogP contribution in [-0.4, -0.2) is 62.1 Å². The molecule has 12 heteroatoms. The normalized spacial score (nSPS) is 20.1. The molecule has 2 unspecified atom stereocenters. The lowest BCUT2D eigenvalue weighted by atomic mass is 9.75. The molecule has 0 saturated heterocycles. The number of benzene rings is 1. The molecule has 0 bridgehead atoms. The van der Waals surface area contributed by atoms with E-state index >= 15 is 0 Å². The number of Topliss-reactive ketones (excluding diaryl/α,β-unsaturated/α-hetero) is 3. The smallest absolute Gasteiger partial charge is 0.361 e. The van der Waals surface area contributed by atoms with Crippen molar-refractivity contribution in [1.29, 1.82) is 0 Å². The van der Waals surface area contributed by atoms with Crippen molar-refractivity contribution in [2.75, 3.05) is 0 Å². The molecule has 35 heavy (non-hydrogen) atoms. The van der Waals surface area contributed by atoms with Gasteiger partial charge < -0.3 is 16.6 Å². The van der Waals surface area contributed by atoms with Gasteiger partial charge in [0, 0.05) is 17.2 Å². The van der Waals surface area contributed by atoms with Crippen molar-refractivity contribution in [2.24, 2.45) is 11.8 Å². The highest BCUT2D eigenvalue weighted by atomic mass is 32.2. The molecule has 3 aliphatic rings. The highest BCUT2D eigenvalue weighted by molar-refractivity contribution is 7.73. The Morgan fingerprint density at radius 3 is 2.14 bits per heavy atom. The number of allylic oxidation sites excluding steroid dienone is 8. The topological polar surface area (TPSA) is 195 Å². The fourth-order valence-electron chi connectivity index (χ4n) is 3.54. The van der Waals surface area contributed by atoms with Gasteiger partial charge in [-0.1, -0.05) is 60.7 Å². The number of carbonyl (C=O) groups is 3. The quantitative estimate of drug-likeness (QED) is 0.259. The lowest BCUT2D eigenvalue weighted by Crippen LogP contribution is -2.48. The first-order valence-electron chi connectivity index (χ1n) is 9.89. The second kappa shape index (κ2) is 10.8. The zero-order valence-corrected chi connectivity index (χ0v) is 18.5. The first kappa shape index (κ1) is 24.7. The van der Waals surface area contributed by atoms with Crippen LogP contribution in [0.5, 0.6) is 0 Å². The molecule has 1 aromatic rings. The molecule has 11 nitrogen and oxygen atoms in total. The van der Waals surface area contributed by atoms with E-state index in [2.05, 4.69) is 14.4 Å². The minimum absolute atomic E-state index is 0.00417. The molecule has 1 aromatic carbocycles. The van der Waals surface area contributed by atoms with Crippen LogP contribution >= 0.6 is 0 Å². The summed E-state index contributed by atoms with van der Waals surface area (Å²) in [5, 5.41) is 0. The van der Waals surface area contributed by atoms with E-state index in [1.165, 1.54) is 24.3 Å². The summed E-state index contributed by atoms with van der Waals surface area (Å²) in [6.45, 7) is 0. The maximum absolute atomic E-state index is 12.1. The van der Waals surface area contributed by atoms with Gasteiger partial charge in [-0.3, -0.25) is 14.4 Å². The van der Waals surface area contributed by atoms with Crippen molar-refractivity contribution < 1.29 is 37.2 Å². The van der Waals surface area contributed by atoms with Crippen LogP contribution < -0.4 is 0 Å². The zero-order valence-electron chi connectivity index (χ0n) is 17.7. The molecule has 3 aliphatic carbocycles. The largest absolute Gasteiger partial charge is 0.453 e. The van der Waals surface area contributed by atoms with Crippen LogP contribution in [0.4, 0.5) is 0 Å². The average Bonchev–Trinajstić information content (AvgIpc) is 2.90. The van der Waals surface area contributed by atoms with E-state index in [1.54, 1.807) is 42.5 Å². The summed E-state index contributed by atoms with van der Waals surface area (Å²) in [6.07, 6.45) is 10.5. The second-order valence-corrected chi connectivity index (χ2v) is 8.06. The molecule has 2 atom stereocenters. The maximum atomic E-state index is 12.1. The Hall–Kier alpha value is -4.98. The molecule has 1 saturated carbocycles. The van der Waals surface area contributed by atoms with Crippen LogP contribution in [0, 0.1) is 11.8 Å². The number of ketones is 3. The molecule has 0 heterocycles. The van der Waals surface area contributed by atoms with E-state index in [9.17, 15) is 22.8 Å². The van der Waals surface area contributed by atoms with Crippen molar-refractivity contribution in [2.45, 2.75) is 0 Å². The number of fused-ring (bicyclic) bond motifs is 1. The van der Waals surface area contributed by atoms with Gasteiger partial charge in [-0.25, -0.2) is 0 Å². The van der Waals surface area contributed by atoms with E-state index in [0.29, 0.717) is 5.56 Å². The lowest BCUT2D eigenvalue weighted by Gasteiger charge is -2.15. The number of carbonyl (C=O) groups excluding carboxylic acids is 3. The van der Waals surface area contributed by atoms with Crippen molar-refractivity contribution in [3.8, 4) is 0 Å². The van der Waals surface area contributed by atoms with Crippen molar-refractivity contribution in [1.82, 2.24) is 0 Å². The van der Waals surface area contributed by atoms with Crippen LogP contribution in [-0.2, 0) is 19.9 Å². The first-order valence-corrected chi connectivity index (χ1v) is 11.0. The van der Waals surface area contributed by atoms with Gasteiger partial charge in [0.2, 0.25) is 10.3 Å². The molecular weight excluding hydrogens is 472 g/mol. The standard InChI is InChI=1S/C13H10O3S.C10H4N6O2/c14-13(10-6-2-1-3-7-10)11-8-4-5-9-12(11)17(15)16;11-14-5-3-1-2-4-6(5)10(18)8(16-13)7(15-12)9(4)17/h1-9,11H;1-3,6H. The average molecular weight is 486 g/mol. The van der Waals surface area contributed by atoms with Crippen LogP contribution in [0.1, 0.15) is 10.4 Å². The van der Waals surface area contributed by atoms with E-state index in [-0.39, 0.29) is 21.9 Å². The number of rotatable bonds is 2. The third-order valence-corrected chi connectivity index (χ3v) is 5.95. The lowest BCUT2D eigenvalue weighted by molar-refractivity contribution is -0.124. The van der Waals surface area contributed by atoms with Crippen molar-refractivity contribution in [3.05, 3.63) is 101 Å². The molecule has 172 valence electrons. The molecule has 0 spiro atoms. The third kappa shape index (κ3) is 4.86. The number of hydrogen-bond donors (Lipinski definition) is 0. The van der Waals surface area contributed by atoms with Crippen LogP contribution in [0.15, 0.2) is 78.4 Å². The number of hydrogen-bond acceptors (Lipinski definition) is 5. The van der Waals surface area contributed by atoms with Gasteiger partial charge in [-0.05, 0) is 6.08 Å². The van der Waals surface area contributed by atoms with Crippen LogP contribution in [0.2, 0.25) is 0 Å². The summed E-state index contributed by atoms with van der Waals surface area (Å²) in [7, 11) is -2.37. The van der Waals surface area contributed by atoms with Gasteiger partial charge >= 0.3 is 17.1 Å². The van der Waals surface area contributed by atoms with Crippen molar-refractivity contribution >= 4 is 49.6 Å². The second-order valence-electron chi connectivity index (χ2n) is 7.12. The SMILES string of the molecule is O=C(c1ccccc1)C1C=CC=CC1=S(=O)=O.[N-]=[N+]=C1C(=O)C2=CC=CC(=[N+]=[N-])C2C(=O)C1=[N+]=[N-]. The molecule has 0 amide bonds. The Labute approximate surface area is 199 Å². The molecule has 4 rings (SSSR count). The molecule has 1 fully saturated rings. The summed E-state index contributed by atoms with van der Waals surface area (Å²) >= 11 is 0. The Morgan fingerprint density at radius 1 is 0.857 bits per heavy atom. The summed E-state index contributed by atoms with van der Waals surface area (Å²) in [5.41, 5.74) is 25.3. The fourth-order valence-corrected chi connectivity index (χ4v) is 4.13. The molecular formula is C23H14N6O5S. The Morgan fingerprint density at radius 2 is 1.54 bits per heavy atom. The molecule has 0 aliphatic heterocycles. The van der Waals surface area contributed by atoms with E-state index in [0.717, 1.165) is 0 Å². The van der Waals surface area contributed by atoms with Gasteiger partial charge in [-0.2, -0.15) is 22.8 Å². The first-order chi connectivity index (χ1) is 16.8. The van der Waals surface area contributed by atoms with Gasteiger partial charge in [0.25, 0.3) is 11.6 Å². The molecule has 0 N–H and O–H groups in total. The van der Waals surface area contributed by atoms with Crippen LogP contribution in [0.25, 0.3) is 16.6 Å². The zero-order chi connectivity index (χ0) is 25.5. The number of nitrogens with zero attached hydrogens (tertiary/aromatic N) is 6.